The van der Waals surface area contributed by atoms with Crippen molar-refractivity contribution in [3.8, 4) is 0 Å². The Kier molecular flexibility index (Phi) is 5.16. The second-order valence-corrected chi connectivity index (χ2v) is 4.37. The summed E-state index contributed by atoms with van der Waals surface area (Å²) in [7, 11) is 1.41. The normalized spacial score (nSPS) is 12.5. The van der Waals surface area contributed by atoms with Crippen LogP contribution in [-0.2, 0) is 16.0 Å². The van der Waals surface area contributed by atoms with E-state index in [-0.39, 0.29) is 18.1 Å². The van der Waals surface area contributed by atoms with Gasteiger partial charge in [0.2, 0.25) is 0 Å². The van der Waals surface area contributed by atoms with E-state index in [1.54, 1.807) is 0 Å². The number of carbonyl (C=O) groups is 1. The molecule has 1 N–H and O–H groups in total. The lowest BCUT2D eigenvalue weighted by Crippen LogP contribution is -2.34. The van der Waals surface area contributed by atoms with Crippen molar-refractivity contribution in [3.05, 3.63) is 35.4 Å². The summed E-state index contributed by atoms with van der Waals surface area (Å²) >= 11 is 0. The maximum atomic E-state index is 11.7. The van der Waals surface area contributed by atoms with E-state index in [2.05, 4.69) is 12.2 Å². The van der Waals surface area contributed by atoms with Crippen LogP contribution in [0.25, 0.3) is 0 Å². The Morgan fingerprint density at radius 2 is 1.88 bits per heavy atom. The largest absolute Gasteiger partial charge is 0.468 e. The number of methoxy groups -OCH3 is 1. The van der Waals surface area contributed by atoms with Crippen LogP contribution in [0.3, 0.4) is 0 Å². The summed E-state index contributed by atoms with van der Waals surface area (Å²) in [6, 6.07) is 7.91. The standard InChI is InChI=1S/C14H21NO2/c1-5-11-6-8-12(9-7-11)13(14(16)17-4)15-10(2)3/h6-10,13,15H,5H2,1-4H3. The Morgan fingerprint density at radius 3 is 2.29 bits per heavy atom. The second-order valence-electron chi connectivity index (χ2n) is 4.37. The maximum absolute atomic E-state index is 11.7. The number of nitrogens with one attached hydrogen (secondary N) is 1. The first-order valence-corrected chi connectivity index (χ1v) is 6.01. The summed E-state index contributed by atoms with van der Waals surface area (Å²) < 4.78 is 4.82. The SMILES string of the molecule is CCc1ccc(C(NC(C)C)C(=O)OC)cc1. The summed E-state index contributed by atoms with van der Waals surface area (Å²) in [5.74, 6) is -0.247. The van der Waals surface area contributed by atoms with E-state index in [0.717, 1.165) is 12.0 Å². The molecule has 3 heteroatoms. The van der Waals surface area contributed by atoms with Gasteiger partial charge in [0.25, 0.3) is 0 Å². The van der Waals surface area contributed by atoms with Crippen molar-refractivity contribution >= 4 is 5.97 Å². The molecule has 3 nitrogen and oxygen atoms in total. The third-order valence-corrected chi connectivity index (χ3v) is 2.66. The second kappa shape index (κ2) is 6.40. The molecular formula is C14H21NO2. The number of carbonyl (C=O) groups excluding carboxylic acids is 1. The first-order chi connectivity index (χ1) is 8.08. The minimum atomic E-state index is -0.383. The zero-order valence-electron chi connectivity index (χ0n) is 11.0. The van der Waals surface area contributed by atoms with Gasteiger partial charge in [-0.25, -0.2) is 4.79 Å². The molecule has 0 aliphatic heterocycles. The molecule has 0 fully saturated rings. The number of hydrogen-bond donors (Lipinski definition) is 1. The molecule has 0 saturated heterocycles. The van der Waals surface area contributed by atoms with Crippen molar-refractivity contribution in [2.75, 3.05) is 7.11 Å². The average Bonchev–Trinajstić information content (AvgIpc) is 2.35. The number of rotatable bonds is 5. The van der Waals surface area contributed by atoms with Crippen molar-refractivity contribution in [1.82, 2.24) is 5.32 Å². The number of hydrogen-bond acceptors (Lipinski definition) is 3. The Bertz CT molecular complexity index is 357. The molecule has 1 rings (SSSR count). The quantitative estimate of drug-likeness (QED) is 0.797. The van der Waals surface area contributed by atoms with Gasteiger partial charge < -0.3 is 4.74 Å². The molecule has 1 aromatic carbocycles. The van der Waals surface area contributed by atoms with Gasteiger partial charge in [-0.1, -0.05) is 31.2 Å². The molecule has 1 aromatic rings. The zero-order chi connectivity index (χ0) is 12.8. The summed E-state index contributed by atoms with van der Waals surface area (Å²) in [5, 5.41) is 3.21. The molecule has 0 aliphatic rings. The van der Waals surface area contributed by atoms with Gasteiger partial charge in [0, 0.05) is 6.04 Å². The van der Waals surface area contributed by atoms with Gasteiger partial charge in [-0.2, -0.15) is 0 Å². The third-order valence-electron chi connectivity index (χ3n) is 2.66. The van der Waals surface area contributed by atoms with Crippen LogP contribution in [0.5, 0.6) is 0 Å². The Hall–Kier alpha value is -1.35. The average molecular weight is 235 g/mol. The molecule has 0 saturated carbocycles. The van der Waals surface area contributed by atoms with Crippen LogP contribution in [-0.4, -0.2) is 19.1 Å². The Labute approximate surface area is 103 Å². The maximum Gasteiger partial charge on any atom is 0.327 e. The van der Waals surface area contributed by atoms with Crippen molar-refractivity contribution in [1.29, 1.82) is 0 Å². The number of aryl methyl sites for hydroxylation is 1. The van der Waals surface area contributed by atoms with Crippen LogP contribution in [0, 0.1) is 0 Å². The molecule has 94 valence electrons. The minimum Gasteiger partial charge on any atom is -0.468 e. The topological polar surface area (TPSA) is 38.3 Å². The zero-order valence-corrected chi connectivity index (χ0v) is 11.0. The van der Waals surface area contributed by atoms with Gasteiger partial charge in [-0.3, -0.25) is 5.32 Å². The van der Waals surface area contributed by atoms with E-state index >= 15 is 0 Å². The lowest BCUT2D eigenvalue weighted by Gasteiger charge is -2.19. The highest BCUT2D eigenvalue weighted by Crippen LogP contribution is 2.16. The molecule has 0 amide bonds. The highest BCUT2D eigenvalue weighted by Gasteiger charge is 2.21. The number of esters is 1. The van der Waals surface area contributed by atoms with E-state index in [0.29, 0.717) is 0 Å². The predicted octanol–water partition coefficient (Wildman–Crippen LogP) is 2.46. The molecule has 0 spiro atoms. The monoisotopic (exact) mass is 235 g/mol. The van der Waals surface area contributed by atoms with E-state index in [4.69, 9.17) is 4.74 Å². The lowest BCUT2D eigenvalue weighted by atomic mass is 10.0. The summed E-state index contributed by atoms with van der Waals surface area (Å²) in [5.41, 5.74) is 2.21. The van der Waals surface area contributed by atoms with Crippen LogP contribution < -0.4 is 5.32 Å². The van der Waals surface area contributed by atoms with Crippen LogP contribution in [0.4, 0.5) is 0 Å². The van der Waals surface area contributed by atoms with Gasteiger partial charge in [-0.05, 0) is 31.4 Å². The smallest absolute Gasteiger partial charge is 0.327 e. The van der Waals surface area contributed by atoms with Crippen LogP contribution in [0.1, 0.15) is 37.9 Å². The minimum absolute atomic E-state index is 0.227. The molecular weight excluding hydrogens is 214 g/mol. The highest BCUT2D eigenvalue weighted by molar-refractivity contribution is 5.77. The van der Waals surface area contributed by atoms with Gasteiger partial charge in [-0.15, -0.1) is 0 Å². The van der Waals surface area contributed by atoms with Gasteiger partial charge in [0.15, 0.2) is 0 Å². The molecule has 0 heterocycles. The molecule has 17 heavy (non-hydrogen) atoms. The fraction of sp³-hybridized carbons (Fsp3) is 0.500. The van der Waals surface area contributed by atoms with E-state index in [9.17, 15) is 4.79 Å². The van der Waals surface area contributed by atoms with Crippen LogP contribution >= 0.6 is 0 Å². The van der Waals surface area contributed by atoms with E-state index in [1.165, 1.54) is 12.7 Å². The van der Waals surface area contributed by atoms with Gasteiger partial charge in [0.1, 0.15) is 6.04 Å². The summed E-state index contributed by atoms with van der Waals surface area (Å²) in [6.45, 7) is 6.13. The number of benzene rings is 1. The van der Waals surface area contributed by atoms with Crippen LogP contribution in [0.15, 0.2) is 24.3 Å². The lowest BCUT2D eigenvalue weighted by molar-refractivity contribution is -0.143. The number of ether oxygens (including phenoxy) is 1. The van der Waals surface area contributed by atoms with Crippen molar-refractivity contribution in [3.63, 3.8) is 0 Å². The molecule has 0 bridgehead atoms. The first-order valence-electron chi connectivity index (χ1n) is 6.01. The summed E-state index contributed by atoms with van der Waals surface area (Å²) in [6.07, 6.45) is 1.00. The van der Waals surface area contributed by atoms with E-state index in [1.807, 2.05) is 38.1 Å². The van der Waals surface area contributed by atoms with Crippen molar-refractivity contribution < 1.29 is 9.53 Å². The molecule has 0 radical (unpaired) electrons. The highest BCUT2D eigenvalue weighted by atomic mass is 16.5. The Morgan fingerprint density at radius 1 is 1.29 bits per heavy atom. The molecule has 1 unspecified atom stereocenters. The van der Waals surface area contributed by atoms with Crippen LogP contribution in [0.2, 0.25) is 0 Å². The van der Waals surface area contributed by atoms with Gasteiger partial charge in [0.05, 0.1) is 7.11 Å². The first kappa shape index (κ1) is 13.7. The Balaban J connectivity index is 2.91. The van der Waals surface area contributed by atoms with E-state index < -0.39 is 0 Å². The fourth-order valence-corrected chi connectivity index (χ4v) is 1.70. The summed E-state index contributed by atoms with van der Waals surface area (Å²) in [4.78, 5) is 11.7. The molecule has 0 aliphatic carbocycles. The molecule has 1 atom stereocenters. The predicted molar refractivity (Wildman–Crippen MR) is 68.8 cm³/mol. The van der Waals surface area contributed by atoms with Crippen molar-refractivity contribution in [2.24, 2.45) is 0 Å². The van der Waals surface area contributed by atoms with Gasteiger partial charge >= 0.3 is 5.97 Å². The van der Waals surface area contributed by atoms with Crippen molar-refractivity contribution in [2.45, 2.75) is 39.3 Å². The fourth-order valence-electron chi connectivity index (χ4n) is 1.70. The molecule has 0 aromatic heterocycles. The third kappa shape index (κ3) is 3.86.